The number of hydrogen-bond acceptors (Lipinski definition) is 4. The summed E-state index contributed by atoms with van der Waals surface area (Å²) in [5, 5.41) is 2.98. The molecular weight excluding hydrogens is 441 g/mol. The smallest absolute Gasteiger partial charge is 0.256 e. The molecule has 5 nitrogen and oxygen atoms in total. The molecule has 0 fully saturated rings. The molecule has 4 aromatic rings. The van der Waals surface area contributed by atoms with E-state index in [2.05, 4.69) is 37.9 Å². The van der Waals surface area contributed by atoms with Crippen LogP contribution < -0.4 is 5.32 Å². The lowest BCUT2D eigenvalue weighted by atomic mass is 10.1. The molecule has 0 unspecified atom stereocenters. The maximum absolute atomic E-state index is 12.6. The van der Waals surface area contributed by atoms with Gasteiger partial charge in [0.05, 0.1) is 5.56 Å². The van der Waals surface area contributed by atoms with E-state index in [1.807, 2.05) is 55.5 Å². The molecule has 2 heterocycles. The van der Waals surface area contributed by atoms with Crippen molar-refractivity contribution in [1.82, 2.24) is 9.97 Å². The molecule has 4 rings (SSSR count). The van der Waals surface area contributed by atoms with E-state index < -0.39 is 0 Å². The Labute approximate surface area is 163 Å². The SMILES string of the molecule is Cc1ccc(-c2nc3ncccc3o2)cc1NC(=O)c1ccccc1I. The van der Waals surface area contributed by atoms with Gasteiger partial charge in [-0.2, -0.15) is 4.98 Å². The van der Waals surface area contributed by atoms with Crippen molar-refractivity contribution < 1.29 is 9.21 Å². The monoisotopic (exact) mass is 455 g/mol. The van der Waals surface area contributed by atoms with E-state index in [0.29, 0.717) is 22.7 Å². The average Bonchev–Trinajstić information content (AvgIpc) is 3.08. The number of rotatable bonds is 3. The molecule has 2 aromatic carbocycles. The quantitative estimate of drug-likeness (QED) is 0.439. The zero-order valence-corrected chi connectivity index (χ0v) is 16.0. The molecule has 0 aliphatic carbocycles. The highest BCUT2D eigenvalue weighted by molar-refractivity contribution is 14.1. The molecule has 128 valence electrons. The van der Waals surface area contributed by atoms with Crippen LogP contribution in [-0.4, -0.2) is 15.9 Å². The lowest BCUT2D eigenvalue weighted by Crippen LogP contribution is -2.14. The first kappa shape index (κ1) is 16.7. The second kappa shape index (κ2) is 6.87. The van der Waals surface area contributed by atoms with Crippen LogP contribution in [0.1, 0.15) is 15.9 Å². The predicted molar refractivity (Wildman–Crippen MR) is 109 cm³/mol. The fourth-order valence-corrected chi connectivity index (χ4v) is 3.25. The Kier molecular flexibility index (Phi) is 4.42. The van der Waals surface area contributed by atoms with Crippen molar-refractivity contribution in [3.05, 3.63) is 75.5 Å². The van der Waals surface area contributed by atoms with Crippen LogP contribution in [0.2, 0.25) is 0 Å². The van der Waals surface area contributed by atoms with Gasteiger partial charge in [0.15, 0.2) is 11.2 Å². The Balaban J connectivity index is 1.68. The molecule has 0 saturated carbocycles. The van der Waals surface area contributed by atoms with E-state index in [1.165, 1.54) is 0 Å². The van der Waals surface area contributed by atoms with Crippen molar-refractivity contribution in [2.24, 2.45) is 0 Å². The molecule has 0 aliphatic rings. The van der Waals surface area contributed by atoms with Gasteiger partial charge >= 0.3 is 0 Å². The van der Waals surface area contributed by atoms with Gasteiger partial charge in [-0.1, -0.05) is 18.2 Å². The molecule has 1 amide bonds. The number of amides is 1. The van der Waals surface area contributed by atoms with Crippen LogP contribution in [0.15, 0.2) is 65.2 Å². The molecule has 26 heavy (non-hydrogen) atoms. The van der Waals surface area contributed by atoms with Gasteiger partial charge in [0.2, 0.25) is 5.89 Å². The van der Waals surface area contributed by atoms with E-state index >= 15 is 0 Å². The number of aryl methyl sites for hydroxylation is 1. The number of aromatic nitrogens is 2. The normalized spacial score (nSPS) is 10.8. The van der Waals surface area contributed by atoms with Gasteiger partial charge in [0.25, 0.3) is 5.91 Å². The van der Waals surface area contributed by atoms with Crippen LogP contribution >= 0.6 is 22.6 Å². The van der Waals surface area contributed by atoms with Crippen LogP contribution in [0.4, 0.5) is 5.69 Å². The van der Waals surface area contributed by atoms with Crippen LogP contribution in [0.25, 0.3) is 22.7 Å². The van der Waals surface area contributed by atoms with Crippen LogP contribution in [0.5, 0.6) is 0 Å². The topological polar surface area (TPSA) is 68.0 Å². The van der Waals surface area contributed by atoms with Crippen molar-refractivity contribution in [2.75, 3.05) is 5.32 Å². The Hall–Kier alpha value is -2.74. The van der Waals surface area contributed by atoms with Crippen LogP contribution in [-0.2, 0) is 0 Å². The number of fused-ring (bicyclic) bond motifs is 1. The summed E-state index contributed by atoms with van der Waals surface area (Å²) in [6.45, 7) is 1.95. The van der Waals surface area contributed by atoms with Crippen molar-refractivity contribution in [3.63, 3.8) is 0 Å². The van der Waals surface area contributed by atoms with Gasteiger partial charge in [-0.15, -0.1) is 0 Å². The number of carbonyl (C=O) groups is 1. The Bertz CT molecular complexity index is 1090. The van der Waals surface area contributed by atoms with Gasteiger partial charge in [-0.05, 0) is 71.5 Å². The second-order valence-corrected chi connectivity index (χ2v) is 6.97. The van der Waals surface area contributed by atoms with Gasteiger partial charge in [0.1, 0.15) is 0 Å². The van der Waals surface area contributed by atoms with E-state index in [4.69, 9.17) is 4.42 Å². The molecule has 1 N–H and O–H groups in total. The molecule has 6 heteroatoms. The number of pyridine rings is 1. The van der Waals surface area contributed by atoms with Gasteiger partial charge in [-0.3, -0.25) is 4.79 Å². The van der Waals surface area contributed by atoms with E-state index in [-0.39, 0.29) is 5.91 Å². The third-order valence-corrected chi connectivity index (χ3v) is 4.96. The first-order valence-electron chi connectivity index (χ1n) is 8.00. The number of nitrogens with one attached hydrogen (secondary N) is 1. The first-order chi connectivity index (χ1) is 12.6. The molecule has 0 saturated heterocycles. The maximum atomic E-state index is 12.6. The summed E-state index contributed by atoms with van der Waals surface area (Å²) in [5.74, 6) is 0.331. The van der Waals surface area contributed by atoms with Gasteiger partial charge in [0, 0.05) is 21.0 Å². The minimum Gasteiger partial charge on any atom is -0.434 e. The summed E-state index contributed by atoms with van der Waals surface area (Å²) < 4.78 is 6.67. The highest BCUT2D eigenvalue weighted by atomic mass is 127. The van der Waals surface area contributed by atoms with E-state index in [9.17, 15) is 4.79 Å². The molecule has 0 bridgehead atoms. The fourth-order valence-electron chi connectivity index (χ4n) is 2.62. The van der Waals surface area contributed by atoms with Crippen LogP contribution in [0, 0.1) is 10.5 Å². The fraction of sp³-hybridized carbons (Fsp3) is 0.0500. The second-order valence-electron chi connectivity index (χ2n) is 5.81. The Morgan fingerprint density at radius 1 is 1.12 bits per heavy atom. The molecule has 0 spiro atoms. The first-order valence-corrected chi connectivity index (χ1v) is 9.08. The summed E-state index contributed by atoms with van der Waals surface area (Å²) in [5.41, 5.74) is 4.31. The summed E-state index contributed by atoms with van der Waals surface area (Å²) in [6.07, 6.45) is 1.68. The molecular formula is C20H14IN3O2. The molecule has 0 radical (unpaired) electrons. The predicted octanol–water partition coefficient (Wildman–Crippen LogP) is 5.06. The van der Waals surface area contributed by atoms with Crippen molar-refractivity contribution in [3.8, 4) is 11.5 Å². The van der Waals surface area contributed by atoms with E-state index in [0.717, 1.165) is 20.4 Å². The number of carbonyl (C=O) groups excluding carboxylic acids is 1. The lowest BCUT2D eigenvalue weighted by Gasteiger charge is -2.10. The maximum Gasteiger partial charge on any atom is 0.256 e. The summed E-state index contributed by atoms with van der Waals surface area (Å²) in [6, 6.07) is 16.8. The standard InChI is InChI=1S/C20H14IN3O2/c1-12-8-9-13(20-24-18-17(26-20)7-4-10-22-18)11-16(12)23-19(25)14-5-2-3-6-15(14)21/h2-11H,1H3,(H,23,25). The number of benzene rings is 2. The molecule has 0 atom stereocenters. The summed E-state index contributed by atoms with van der Waals surface area (Å²) >= 11 is 2.16. The molecule has 2 aromatic heterocycles. The zero-order chi connectivity index (χ0) is 18.1. The minimum absolute atomic E-state index is 0.144. The largest absolute Gasteiger partial charge is 0.434 e. The van der Waals surface area contributed by atoms with Crippen molar-refractivity contribution in [1.29, 1.82) is 0 Å². The van der Waals surface area contributed by atoms with Gasteiger partial charge in [-0.25, -0.2) is 4.98 Å². The number of nitrogens with zero attached hydrogens (tertiary/aromatic N) is 2. The average molecular weight is 455 g/mol. The number of anilines is 1. The van der Waals surface area contributed by atoms with E-state index in [1.54, 1.807) is 12.3 Å². The Morgan fingerprint density at radius 3 is 2.77 bits per heavy atom. The summed E-state index contributed by atoms with van der Waals surface area (Å²) in [7, 11) is 0. The minimum atomic E-state index is -0.144. The Morgan fingerprint density at radius 2 is 1.96 bits per heavy atom. The third-order valence-electron chi connectivity index (χ3n) is 4.02. The summed E-state index contributed by atoms with van der Waals surface area (Å²) in [4.78, 5) is 21.2. The van der Waals surface area contributed by atoms with Crippen molar-refractivity contribution >= 4 is 45.4 Å². The van der Waals surface area contributed by atoms with Crippen LogP contribution in [0.3, 0.4) is 0 Å². The zero-order valence-electron chi connectivity index (χ0n) is 13.9. The highest BCUT2D eigenvalue weighted by Crippen LogP contribution is 2.27. The van der Waals surface area contributed by atoms with Crippen molar-refractivity contribution in [2.45, 2.75) is 6.92 Å². The molecule has 0 aliphatic heterocycles. The number of oxazole rings is 1. The number of halogens is 1. The third kappa shape index (κ3) is 3.20. The number of hydrogen-bond donors (Lipinski definition) is 1. The lowest BCUT2D eigenvalue weighted by molar-refractivity contribution is 0.102. The van der Waals surface area contributed by atoms with Gasteiger partial charge < -0.3 is 9.73 Å². The highest BCUT2D eigenvalue weighted by Gasteiger charge is 2.14.